The highest BCUT2D eigenvalue weighted by atomic mass is 35.5. The fraction of sp³-hybridized carbons (Fsp3) is 0.214. The van der Waals surface area contributed by atoms with Gasteiger partial charge in [-0.3, -0.25) is 14.2 Å². The molecule has 0 bridgehead atoms. The lowest BCUT2D eigenvalue weighted by molar-refractivity contribution is -0.123. The quantitative estimate of drug-likeness (QED) is 0.345. The first-order valence-electron chi connectivity index (χ1n) is 11.6. The van der Waals surface area contributed by atoms with Gasteiger partial charge in [-0.2, -0.15) is 10.4 Å². The molecule has 1 atom stereocenters. The Morgan fingerprint density at radius 1 is 1.13 bits per heavy atom. The van der Waals surface area contributed by atoms with Gasteiger partial charge in [0, 0.05) is 33.7 Å². The molecule has 0 aliphatic heterocycles. The van der Waals surface area contributed by atoms with E-state index in [1.54, 1.807) is 24.3 Å². The van der Waals surface area contributed by atoms with E-state index in [1.165, 1.54) is 23.9 Å². The summed E-state index contributed by atoms with van der Waals surface area (Å²) in [6, 6.07) is 18.5. The van der Waals surface area contributed by atoms with E-state index in [0.717, 1.165) is 12.3 Å². The maximum absolute atomic E-state index is 15.5. The van der Waals surface area contributed by atoms with Crippen molar-refractivity contribution in [2.24, 2.45) is 0 Å². The molecule has 0 saturated carbocycles. The van der Waals surface area contributed by atoms with E-state index in [1.807, 2.05) is 45.0 Å². The van der Waals surface area contributed by atoms with Crippen molar-refractivity contribution in [3.63, 3.8) is 0 Å². The number of carbonyl (C=O) groups is 1. The smallest absolute Gasteiger partial charge is 0.281 e. The van der Waals surface area contributed by atoms with Crippen LogP contribution in [0.4, 0.5) is 10.2 Å². The standard InChI is InChI=1S/C28H25ClFN5O3/c1-28(2,3)23-14-24(35(33-23)19-8-6-5-7-9-19)32-27(37)26(30)34-16-22(38-4)21(13-25(34)36)20-12-18(29)11-10-17(20)15-31/h5-14,16,26H,1-4H3,(H,32,37). The molecule has 2 heterocycles. The average molecular weight is 534 g/mol. The summed E-state index contributed by atoms with van der Waals surface area (Å²) in [6.07, 6.45) is -1.28. The Morgan fingerprint density at radius 2 is 1.84 bits per heavy atom. The van der Waals surface area contributed by atoms with Crippen LogP contribution in [-0.4, -0.2) is 27.4 Å². The average Bonchev–Trinajstić information content (AvgIpc) is 3.33. The van der Waals surface area contributed by atoms with Crippen LogP contribution in [0.2, 0.25) is 5.02 Å². The van der Waals surface area contributed by atoms with Gasteiger partial charge in [-0.1, -0.05) is 50.6 Å². The molecular weight excluding hydrogens is 509 g/mol. The molecule has 0 aliphatic carbocycles. The molecule has 0 aliphatic rings. The van der Waals surface area contributed by atoms with E-state index in [-0.39, 0.29) is 28.1 Å². The van der Waals surface area contributed by atoms with E-state index >= 15 is 4.39 Å². The number of aromatic nitrogens is 3. The third-order valence-electron chi connectivity index (χ3n) is 5.85. The maximum atomic E-state index is 15.5. The normalized spacial score (nSPS) is 12.0. The molecular formula is C28H25ClFN5O3. The van der Waals surface area contributed by atoms with E-state index in [2.05, 4.69) is 10.4 Å². The third-order valence-corrected chi connectivity index (χ3v) is 6.08. The van der Waals surface area contributed by atoms with Crippen LogP contribution >= 0.6 is 11.6 Å². The lowest BCUT2D eigenvalue weighted by Crippen LogP contribution is -2.31. The molecule has 1 unspecified atom stereocenters. The van der Waals surface area contributed by atoms with Gasteiger partial charge in [0.05, 0.1) is 36.3 Å². The number of benzene rings is 2. The number of nitrogens with zero attached hydrogens (tertiary/aromatic N) is 4. The van der Waals surface area contributed by atoms with Crippen molar-refractivity contribution in [3.05, 3.63) is 93.5 Å². The van der Waals surface area contributed by atoms with Crippen LogP contribution in [-0.2, 0) is 10.2 Å². The Hall–Kier alpha value is -4.42. The number of amides is 1. The predicted octanol–water partition coefficient (Wildman–Crippen LogP) is 5.64. The monoisotopic (exact) mass is 533 g/mol. The van der Waals surface area contributed by atoms with Crippen molar-refractivity contribution in [2.75, 3.05) is 12.4 Å². The van der Waals surface area contributed by atoms with Gasteiger partial charge >= 0.3 is 0 Å². The molecule has 2 aromatic carbocycles. The Balaban J connectivity index is 1.71. The predicted molar refractivity (Wildman–Crippen MR) is 143 cm³/mol. The van der Waals surface area contributed by atoms with Crippen LogP contribution in [0, 0.1) is 11.3 Å². The Morgan fingerprint density at radius 3 is 2.47 bits per heavy atom. The molecule has 0 fully saturated rings. The summed E-state index contributed by atoms with van der Waals surface area (Å²) in [7, 11) is 1.34. The molecule has 194 valence electrons. The van der Waals surface area contributed by atoms with Gasteiger partial charge < -0.3 is 10.1 Å². The number of alkyl halides is 1. The van der Waals surface area contributed by atoms with Crippen molar-refractivity contribution >= 4 is 23.3 Å². The molecule has 0 spiro atoms. The number of methoxy groups -OCH3 is 1. The van der Waals surface area contributed by atoms with Gasteiger partial charge in [0.15, 0.2) is 0 Å². The summed E-state index contributed by atoms with van der Waals surface area (Å²) in [5.41, 5.74) is 1.07. The van der Waals surface area contributed by atoms with Crippen molar-refractivity contribution in [2.45, 2.75) is 32.5 Å². The molecule has 1 N–H and O–H groups in total. The topological polar surface area (TPSA) is 102 Å². The number of hydrogen-bond acceptors (Lipinski definition) is 5. The number of nitriles is 1. The van der Waals surface area contributed by atoms with Gasteiger partial charge in [0.1, 0.15) is 11.6 Å². The zero-order chi connectivity index (χ0) is 27.6. The van der Waals surface area contributed by atoms with Crippen LogP contribution in [0.5, 0.6) is 5.75 Å². The number of carbonyl (C=O) groups excluding carboxylic acids is 1. The number of pyridine rings is 1. The van der Waals surface area contributed by atoms with Crippen molar-refractivity contribution in [1.82, 2.24) is 14.3 Å². The number of nitrogens with one attached hydrogen (secondary N) is 1. The Bertz CT molecular complexity index is 1600. The summed E-state index contributed by atoms with van der Waals surface area (Å²) in [5.74, 6) is -0.730. The SMILES string of the molecule is COc1cn(C(F)C(=O)Nc2cc(C(C)(C)C)nn2-c2ccccc2)c(=O)cc1-c1cc(Cl)ccc1C#N. The number of ether oxygens (including phenoxy) is 1. The number of anilines is 1. The van der Waals surface area contributed by atoms with Crippen molar-refractivity contribution in [1.29, 1.82) is 5.26 Å². The van der Waals surface area contributed by atoms with Gasteiger partial charge in [0.25, 0.3) is 17.8 Å². The summed E-state index contributed by atoms with van der Waals surface area (Å²) < 4.78 is 23.0. The zero-order valence-electron chi connectivity index (χ0n) is 21.2. The molecule has 4 aromatic rings. The minimum Gasteiger partial charge on any atom is -0.495 e. The molecule has 10 heteroatoms. The molecule has 0 saturated heterocycles. The molecule has 8 nitrogen and oxygen atoms in total. The Kier molecular flexibility index (Phi) is 7.37. The summed E-state index contributed by atoms with van der Waals surface area (Å²) in [6.45, 7) is 5.91. The minimum atomic E-state index is -2.38. The highest BCUT2D eigenvalue weighted by Crippen LogP contribution is 2.33. The summed E-state index contributed by atoms with van der Waals surface area (Å²) >= 11 is 6.09. The van der Waals surface area contributed by atoms with E-state index < -0.39 is 17.8 Å². The maximum Gasteiger partial charge on any atom is 0.281 e. The first-order chi connectivity index (χ1) is 18.0. The number of halogens is 2. The van der Waals surface area contributed by atoms with Gasteiger partial charge in [-0.05, 0) is 30.3 Å². The van der Waals surface area contributed by atoms with Crippen LogP contribution in [0.1, 0.15) is 38.3 Å². The minimum absolute atomic E-state index is 0.0863. The second-order valence-corrected chi connectivity index (χ2v) is 9.98. The fourth-order valence-electron chi connectivity index (χ4n) is 3.83. The highest BCUT2D eigenvalue weighted by Gasteiger charge is 2.27. The number of para-hydroxylation sites is 1. The molecule has 1 amide bonds. The molecule has 38 heavy (non-hydrogen) atoms. The number of hydrogen-bond donors (Lipinski definition) is 1. The first kappa shape index (κ1) is 26.6. The van der Waals surface area contributed by atoms with Crippen molar-refractivity contribution < 1.29 is 13.9 Å². The van der Waals surface area contributed by atoms with Crippen LogP contribution in [0.3, 0.4) is 0 Å². The summed E-state index contributed by atoms with van der Waals surface area (Å²) in [4.78, 5) is 26.0. The van der Waals surface area contributed by atoms with Crippen molar-refractivity contribution in [3.8, 4) is 28.6 Å². The van der Waals surface area contributed by atoms with Crippen LogP contribution in [0.25, 0.3) is 16.8 Å². The van der Waals surface area contributed by atoms with Crippen LogP contribution < -0.4 is 15.6 Å². The van der Waals surface area contributed by atoms with Gasteiger partial charge in [0.2, 0.25) is 0 Å². The summed E-state index contributed by atoms with van der Waals surface area (Å²) in [5, 5.41) is 17.0. The lowest BCUT2D eigenvalue weighted by atomic mass is 9.92. The van der Waals surface area contributed by atoms with E-state index in [0.29, 0.717) is 26.5 Å². The van der Waals surface area contributed by atoms with Gasteiger partial charge in [-0.15, -0.1) is 0 Å². The van der Waals surface area contributed by atoms with E-state index in [9.17, 15) is 14.9 Å². The zero-order valence-corrected chi connectivity index (χ0v) is 22.0. The molecule has 0 radical (unpaired) electrons. The largest absolute Gasteiger partial charge is 0.495 e. The lowest BCUT2D eigenvalue weighted by Gasteiger charge is -2.16. The van der Waals surface area contributed by atoms with Crippen LogP contribution in [0.15, 0.2) is 71.7 Å². The Labute approximate surface area is 223 Å². The fourth-order valence-corrected chi connectivity index (χ4v) is 4.00. The first-order valence-corrected chi connectivity index (χ1v) is 12.0. The number of rotatable bonds is 6. The second kappa shape index (κ2) is 10.5. The second-order valence-electron chi connectivity index (χ2n) is 9.54. The third kappa shape index (κ3) is 5.31. The molecule has 4 rings (SSSR count). The van der Waals surface area contributed by atoms with E-state index in [4.69, 9.17) is 16.3 Å². The highest BCUT2D eigenvalue weighted by molar-refractivity contribution is 6.31. The molecule has 2 aromatic heterocycles. The van der Waals surface area contributed by atoms with Gasteiger partial charge in [-0.25, -0.2) is 9.07 Å².